The number of carbonyl (C=O) groups is 2. The number of benzene rings is 2. The van der Waals surface area contributed by atoms with E-state index < -0.39 is 6.10 Å². The third kappa shape index (κ3) is 5.47. The van der Waals surface area contributed by atoms with Crippen molar-refractivity contribution in [3.05, 3.63) is 59.7 Å². The maximum Gasteiger partial charge on any atom is 0.269 e. The summed E-state index contributed by atoms with van der Waals surface area (Å²) in [5.41, 5.74) is 6.17. The van der Waals surface area contributed by atoms with Crippen LogP contribution in [0.5, 0.6) is 11.5 Å². The molecule has 2 amide bonds. The minimum Gasteiger partial charge on any atom is -0.494 e. The molecule has 2 aromatic carbocycles. The molecule has 0 spiro atoms. The van der Waals surface area contributed by atoms with Crippen LogP contribution in [0, 0.1) is 0 Å². The number of rotatable bonds is 7. The Morgan fingerprint density at radius 2 is 1.68 bits per heavy atom. The molecule has 7 nitrogen and oxygen atoms in total. The van der Waals surface area contributed by atoms with E-state index in [2.05, 4.69) is 10.9 Å². The number of hydrogen-bond donors (Lipinski definition) is 2. The largest absolute Gasteiger partial charge is 0.494 e. The van der Waals surface area contributed by atoms with Gasteiger partial charge in [0.1, 0.15) is 24.2 Å². The summed E-state index contributed by atoms with van der Waals surface area (Å²) in [6.07, 6.45) is 1.04. The van der Waals surface area contributed by atoms with Crippen LogP contribution in [0.2, 0.25) is 0 Å². The fraction of sp³-hybridized carbons (Fsp3) is 0.333. The normalized spacial score (nSPS) is 15.7. The molecule has 0 aliphatic carbocycles. The third-order valence-electron chi connectivity index (χ3n) is 4.28. The van der Waals surface area contributed by atoms with Crippen LogP contribution in [0.15, 0.2) is 48.5 Å². The highest BCUT2D eigenvalue weighted by Crippen LogP contribution is 2.19. The topological polar surface area (TPSA) is 85.9 Å². The van der Waals surface area contributed by atoms with E-state index >= 15 is 0 Å². The average molecular weight is 384 g/mol. The Morgan fingerprint density at radius 3 is 2.29 bits per heavy atom. The van der Waals surface area contributed by atoms with E-state index in [9.17, 15) is 9.59 Å². The first-order chi connectivity index (χ1) is 13.7. The van der Waals surface area contributed by atoms with Crippen molar-refractivity contribution in [2.24, 2.45) is 0 Å². The molecule has 1 atom stereocenters. The van der Waals surface area contributed by atoms with Gasteiger partial charge >= 0.3 is 0 Å². The van der Waals surface area contributed by atoms with Gasteiger partial charge in [-0.25, -0.2) is 0 Å². The molecule has 1 saturated heterocycles. The molecule has 3 rings (SSSR count). The predicted molar refractivity (Wildman–Crippen MR) is 103 cm³/mol. The Balaban J connectivity index is 1.45. The predicted octanol–water partition coefficient (Wildman–Crippen LogP) is 2.60. The van der Waals surface area contributed by atoms with Crippen LogP contribution in [0.25, 0.3) is 0 Å². The molecule has 0 radical (unpaired) electrons. The molecular formula is C21H24N2O5. The van der Waals surface area contributed by atoms with E-state index in [1.807, 2.05) is 43.3 Å². The molecule has 7 heteroatoms. The summed E-state index contributed by atoms with van der Waals surface area (Å²) in [6.45, 7) is 3.52. The zero-order chi connectivity index (χ0) is 19.8. The molecule has 1 fully saturated rings. The fourth-order valence-corrected chi connectivity index (χ4v) is 2.77. The van der Waals surface area contributed by atoms with E-state index in [0.29, 0.717) is 31.8 Å². The van der Waals surface area contributed by atoms with Crippen LogP contribution in [0.4, 0.5) is 0 Å². The fourth-order valence-electron chi connectivity index (χ4n) is 2.77. The van der Waals surface area contributed by atoms with Crippen LogP contribution < -0.4 is 20.3 Å². The summed E-state index contributed by atoms with van der Waals surface area (Å²) in [5.74, 6) is 0.829. The van der Waals surface area contributed by atoms with Crippen LogP contribution in [0.3, 0.4) is 0 Å². The Morgan fingerprint density at radius 1 is 1.00 bits per heavy atom. The lowest BCUT2D eigenvalue weighted by Gasteiger charge is -2.12. The summed E-state index contributed by atoms with van der Waals surface area (Å²) in [7, 11) is 0. The summed E-state index contributed by atoms with van der Waals surface area (Å²) in [5, 5.41) is 0. The van der Waals surface area contributed by atoms with Gasteiger partial charge in [-0.2, -0.15) is 0 Å². The lowest BCUT2D eigenvalue weighted by atomic mass is 10.1. The molecule has 0 aromatic heterocycles. The maximum atomic E-state index is 12.1. The lowest BCUT2D eigenvalue weighted by molar-refractivity contribution is -0.130. The zero-order valence-corrected chi connectivity index (χ0v) is 15.8. The minimum atomic E-state index is -0.484. The van der Waals surface area contributed by atoms with Crippen molar-refractivity contribution in [2.45, 2.75) is 32.5 Å². The summed E-state index contributed by atoms with van der Waals surface area (Å²) in [4.78, 5) is 24.0. The molecule has 2 N–H and O–H groups in total. The Labute approximate surface area is 164 Å². The van der Waals surface area contributed by atoms with Gasteiger partial charge in [-0.15, -0.1) is 0 Å². The van der Waals surface area contributed by atoms with Gasteiger partial charge in [0.25, 0.3) is 11.8 Å². The summed E-state index contributed by atoms with van der Waals surface area (Å²) in [6, 6.07) is 14.4. The first-order valence-corrected chi connectivity index (χ1v) is 9.32. The summed E-state index contributed by atoms with van der Waals surface area (Å²) < 4.78 is 16.4. The van der Waals surface area contributed by atoms with Gasteiger partial charge in [-0.3, -0.25) is 20.4 Å². The highest BCUT2D eigenvalue weighted by atomic mass is 16.5. The molecule has 28 heavy (non-hydrogen) atoms. The quantitative estimate of drug-likeness (QED) is 0.717. The first kappa shape index (κ1) is 19.7. The second kappa shape index (κ2) is 9.75. The highest BCUT2D eigenvalue weighted by molar-refractivity contribution is 5.95. The van der Waals surface area contributed by atoms with Crippen molar-refractivity contribution in [1.82, 2.24) is 10.9 Å². The molecule has 1 aliphatic rings. The van der Waals surface area contributed by atoms with E-state index in [0.717, 1.165) is 23.5 Å². The van der Waals surface area contributed by atoms with Crippen LogP contribution in [-0.4, -0.2) is 31.1 Å². The van der Waals surface area contributed by atoms with Crippen LogP contribution >= 0.6 is 0 Å². The summed E-state index contributed by atoms with van der Waals surface area (Å²) >= 11 is 0. The first-order valence-electron chi connectivity index (χ1n) is 9.32. The average Bonchev–Trinajstić information content (AvgIpc) is 3.27. The van der Waals surface area contributed by atoms with Crippen molar-refractivity contribution < 1.29 is 23.8 Å². The molecule has 0 saturated carbocycles. The van der Waals surface area contributed by atoms with Crippen LogP contribution in [0.1, 0.15) is 35.7 Å². The van der Waals surface area contributed by atoms with Gasteiger partial charge in [0.05, 0.1) is 6.61 Å². The molecule has 148 valence electrons. The Bertz CT molecular complexity index is 783. The lowest BCUT2D eigenvalue weighted by Crippen LogP contribution is -2.46. The number of amides is 2. The molecule has 1 heterocycles. The molecule has 1 aliphatic heterocycles. The standard InChI is InChI=1S/C21H24N2O5/c1-2-26-17-9-11-18(12-10-17)28-14-15-5-7-16(8-6-15)20(24)22-23-21(25)19-4-3-13-27-19/h5-12,19H,2-4,13-14H2,1H3,(H,22,24)(H,23,25)/t19-/m1/s1. The Kier molecular flexibility index (Phi) is 6.86. The van der Waals surface area contributed by atoms with Crippen molar-refractivity contribution in [2.75, 3.05) is 13.2 Å². The number of carbonyl (C=O) groups excluding carboxylic acids is 2. The smallest absolute Gasteiger partial charge is 0.269 e. The third-order valence-corrected chi connectivity index (χ3v) is 4.28. The monoisotopic (exact) mass is 384 g/mol. The van der Waals surface area contributed by atoms with Gasteiger partial charge in [0.2, 0.25) is 0 Å². The highest BCUT2D eigenvalue weighted by Gasteiger charge is 2.23. The van der Waals surface area contributed by atoms with E-state index in [4.69, 9.17) is 14.2 Å². The number of nitrogens with one attached hydrogen (secondary N) is 2. The van der Waals surface area contributed by atoms with Gasteiger partial charge < -0.3 is 14.2 Å². The van der Waals surface area contributed by atoms with Gasteiger partial charge in [-0.1, -0.05) is 12.1 Å². The van der Waals surface area contributed by atoms with Crippen molar-refractivity contribution in [1.29, 1.82) is 0 Å². The van der Waals surface area contributed by atoms with Crippen molar-refractivity contribution in [3.8, 4) is 11.5 Å². The van der Waals surface area contributed by atoms with E-state index in [1.54, 1.807) is 12.1 Å². The SMILES string of the molecule is CCOc1ccc(OCc2ccc(C(=O)NNC(=O)[C@H]3CCCO3)cc2)cc1. The zero-order valence-electron chi connectivity index (χ0n) is 15.8. The van der Waals surface area contributed by atoms with Gasteiger partial charge in [0, 0.05) is 12.2 Å². The molecule has 0 bridgehead atoms. The van der Waals surface area contributed by atoms with Crippen molar-refractivity contribution in [3.63, 3.8) is 0 Å². The van der Waals surface area contributed by atoms with E-state index in [-0.39, 0.29) is 11.8 Å². The molecular weight excluding hydrogens is 360 g/mol. The second-order valence-corrected chi connectivity index (χ2v) is 6.34. The Hall–Kier alpha value is -3.06. The molecule has 2 aromatic rings. The molecule has 0 unspecified atom stereocenters. The van der Waals surface area contributed by atoms with Crippen LogP contribution in [-0.2, 0) is 16.1 Å². The number of hydrazine groups is 1. The maximum absolute atomic E-state index is 12.1. The van der Waals surface area contributed by atoms with Gasteiger partial charge in [0.15, 0.2) is 0 Å². The second-order valence-electron chi connectivity index (χ2n) is 6.34. The number of hydrogen-bond acceptors (Lipinski definition) is 5. The number of ether oxygens (including phenoxy) is 3. The van der Waals surface area contributed by atoms with E-state index in [1.165, 1.54) is 0 Å². The van der Waals surface area contributed by atoms with Gasteiger partial charge in [-0.05, 0) is 61.7 Å². The van der Waals surface area contributed by atoms with Crippen molar-refractivity contribution >= 4 is 11.8 Å². The minimum absolute atomic E-state index is 0.328.